The highest BCUT2D eigenvalue weighted by Crippen LogP contribution is 2.19. The van der Waals surface area contributed by atoms with Crippen LogP contribution in [0, 0.1) is 0 Å². The van der Waals surface area contributed by atoms with E-state index in [0.717, 1.165) is 0 Å². The number of nitrogens with zero attached hydrogens (tertiary/aromatic N) is 1. The van der Waals surface area contributed by atoms with Crippen LogP contribution in [0.2, 0.25) is 0 Å². The number of sulfone groups is 1. The van der Waals surface area contributed by atoms with Gasteiger partial charge in [0.2, 0.25) is 10.0 Å². The van der Waals surface area contributed by atoms with Crippen molar-refractivity contribution in [3.05, 3.63) is 29.8 Å². The molecule has 0 aromatic heterocycles. The van der Waals surface area contributed by atoms with E-state index in [0.29, 0.717) is 13.0 Å². The molecule has 2 unspecified atom stereocenters. The van der Waals surface area contributed by atoms with Crippen molar-refractivity contribution >= 4 is 31.7 Å². The van der Waals surface area contributed by atoms with Crippen molar-refractivity contribution in [2.75, 3.05) is 18.1 Å². The van der Waals surface area contributed by atoms with Crippen molar-refractivity contribution in [2.45, 2.75) is 37.3 Å². The summed E-state index contributed by atoms with van der Waals surface area (Å²) in [6, 6.07) is 4.38. The lowest BCUT2D eigenvalue weighted by Crippen LogP contribution is -2.46. The first-order valence-corrected chi connectivity index (χ1v) is 11.7. The zero-order valence-corrected chi connectivity index (χ0v) is 16.6. The average Bonchev–Trinajstić information content (AvgIpc) is 2.94. The van der Waals surface area contributed by atoms with Gasteiger partial charge in [0.15, 0.2) is 15.9 Å². The highest BCUT2D eigenvalue weighted by molar-refractivity contribution is 7.91. The van der Waals surface area contributed by atoms with Crippen molar-refractivity contribution in [3.63, 3.8) is 0 Å². The monoisotopic (exact) mass is 418 g/mol. The molecule has 1 heterocycles. The van der Waals surface area contributed by atoms with Crippen molar-refractivity contribution in [1.29, 1.82) is 0 Å². The van der Waals surface area contributed by atoms with Crippen LogP contribution in [-0.2, 0) is 29.4 Å². The minimum absolute atomic E-state index is 0.0337. The molecule has 9 nitrogen and oxygen atoms in total. The second-order valence-corrected chi connectivity index (χ2v) is 10.1. The van der Waals surface area contributed by atoms with Gasteiger partial charge >= 0.3 is 5.97 Å². The van der Waals surface area contributed by atoms with Crippen molar-refractivity contribution < 1.29 is 31.2 Å². The Balaban J connectivity index is 2.05. The Morgan fingerprint density at radius 3 is 2.33 bits per heavy atom. The van der Waals surface area contributed by atoms with E-state index in [1.54, 1.807) is 6.92 Å². The molecule has 0 aliphatic carbocycles. The van der Waals surface area contributed by atoms with E-state index >= 15 is 0 Å². The number of primary sulfonamides is 1. The maximum atomic E-state index is 12.6. The Hall–Kier alpha value is -1.98. The number of carbonyl (C=O) groups is 2. The number of rotatable bonds is 6. The standard InChI is InChI=1S/C16H22N2O7S2/c1-3-18(13-8-9-26(21,22)10-13)15(19)11(2)25-16(20)12-4-6-14(7-5-12)27(17,23)24/h4-7,11,13H,3,8-10H2,1-2H3,(H2,17,23,24). The van der Waals surface area contributed by atoms with Gasteiger partial charge in [-0.2, -0.15) is 0 Å². The zero-order chi connectivity index (χ0) is 20.4. The summed E-state index contributed by atoms with van der Waals surface area (Å²) in [6.07, 6.45) is -0.754. The third kappa shape index (κ3) is 5.27. The molecule has 0 bridgehead atoms. The molecule has 11 heteroatoms. The van der Waals surface area contributed by atoms with Gasteiger partial charge < -0.3 is 9.64 Å². The van der Waals surface area contributed by atoms with Crippen LogP contribution in [0.4, 0.5) is 0 Å². The average molecular weight is 418 g/mol. The zero-order valence-electron chi connectivity index (χ0n) is 15.0. The molecule has 150 valence electrons. The molecule has 2 rings (SSSR count). The quantitative estimate of drug-likeness (QED) is 0.637. The lowest BCUT2D eigenvalue weighted by atomic mass is 10.2. The lowest BCUT2D eigenvalue weighted by molar-refractivity contribution is -0.141. The molecular formula is C16H22N2O7S2. The maximum Gasteiger partial charge on any atom is 0.338 e. The van der Waals surface area contributed by atoms with Crippen LogP contribution in [0.15, 0.2) is 29.2 Å². The number of ether oxygens (including phenoxy) is 1. The topological polar surface area (TPSA) is 141 Å². The minimum Gasteiger partial charge on any atom is -0.449 e. The third-order valence-electron chi connectivity index (χ3n) is 4.32. The number of esters is 1. The predicted molar refractivity (Wildman–Crippen MR) is 97.1 cm³/mol. The van der Waals surface area contributed by atoms with E-state index in [1.807, 2.05) is 0 Å². The SMILES string of the molecule is CCN(C(=O)C(C)OC(=O)c1ccc(S(N)(=O)=O)cc1)C1CCS(=O)(=O)C1. The molecule has 2 atom stereocenters. The molecule has 0 spiro atoms. The van der Waals surface area contributed by atoms with E-state index in [4.69, 9.17) is 9.88 Å². The van der Waals surface area contributed by atoms with Gasteiger partial charge in [-0.05, 0) is 44.5 Å². The van der Waals surface area contributed by atoms with Crippen LogP contribution in [-0.4, -0.2) is 63.8 Å². The summed E-state index contributed by atoms with van der Waals surface area (Å²) in [4.78, 5) is 26.0. The molecule has 1 saturated heterocycles. The molecule has 0 radical (unpaired) electrons. The number of hydrogen-bond donors (Lipinski definition) is 1. The largest absolute Gasteiger partial charge is 0.449 e. The van der Waals surface area contributed by atoms with Gasteiger partial charge in [0, 0.05) is 12.6 Å². The van der Waals surface area contributed by atoms with Crippen LogP contribution in [0.1, 0.15) is 30.6 Å². The molecule has 1 amide bonds. The van der Waals surface area contributed by atoms with Crippen LogP contribution in [0.5, 0.6) is 0 Å². The van der Waals surface area contributed by atoms with E-state index in [1.165, 1.54) is 36.1 Å². The molecule has 1 aliphatic rings. The number of carbonyl (C=O) groups excluding carboxylic acids is 2. The van der Waals surface area contributed by atoms with Crippen LogP contribution in [0.3, 0.4) is 0 Å². The number of benzene rings is 1. The van der Waals surface area contributed by atoms with Gasteiger partial charge in [0.05, 0.1) is 22.0 Å². The Morgan fingerprint density at radius 1 is 1.30 bits per heavy atom. The predicted octanol–water partition coefficient (Wildman–Crippen LogP) is -0.0851. The molecule has 1 aromatic rings. The molecule has 1 fully saturated rings. The molecular weight excluding hydrogens is 396 g/mol. The third-order valence-corrected chi connectivity index (χ3v) is 7.00. The van der Waals surface area contributed by atoms with Crippen molar-refractivity contribution in [3.8, 4) is 0 Å². The smallest absolute Gasteiger partial charge is 0.338 e. The van der Waals surface area contributed by atoms with E-state index in [-0.39, 0.29) is 22.0 Å². The van der Waals surface area contributed by atoms with Gasteiger partial charge in [0.25, 0.3) is 5.91 Å². The second-order valence-electron chi connectivity index (χ2n) is 6.30. The Bertz CT molecular complexity index is 924. The molecule has 1 aromatic carbocycles. The fraction of sp³-hybridized carbons (Fsp3) is 0.500. The first-order chi connectivity index (χ1) is 12.4. The summed E-state index contributed by atoms with van der Waals surface area (Å²) in [7, 11) is -7.03. The molecule has 1 aliphatic heterocycles. The minimum atomic E-state index is -3.88. The molecule has 2 N–H and O–H groups in total. The van der Waals surface area contributed by atoms with Crippen molar-refractivity contribution in [1.82, 2.24) is 4.90 Å². The Kier molecular flexibility index (Phi) is 6.28. The first kappa shape index (κ1) is 21.3. The first-order valence-electron chi connectivity index (χ1n) is 8.29. The number of sulfonamides is 1. The van der Waals surface area contributed by atoms with E-state index < -0.39 is 43.9 Å². The number of hydrogen-bond acceptors (Lipinski definition) is 7. The number of likely N-dealkylation sites (N-methyl/N-ethyl adjacent to an activating group) is 1. The molecule has 0 saturated carbocycles. The van der Waals surface area contributed by atoms with Gasteiger partial charge in [-0.25, -0.2) is 26.8 Å². The second kappa shape index (κ2) is 7.95. The summed E-state index contributed by atoms with van der Waals surface area (Å²) in [5.41, 5.74) is 0.0635. The number of nitrogens with two attached hydrogens (primary N) is 1. The summed E-state index contributed by atoms with van der Waals surface area (Å²) in [6.45, 7) is 3.43. The van der Waals surface area contributed by atoms with Crippen LogP contribution < -0.4 is 5.14 Å². The molecule has 27 heavy (non-hydrogen) atoms. The highest BCUT2D eigenvalue weighted by Gasteiger charge is 2.36. The van der Waals surface area contributed by atoms with Crippen molar-refractivity contribution in [2.24, 2.45) is 5.14 Å². The summed E-state index contributed by atoms with van der Waals surface area (Å²) < 4.78 is 50.9. The Morgan fingerprint density at radius 2 is 1.89 bits per heavy atom. The normalized spacial score (nSPS) is 20.0. The van der Waals surface area contributed by atoms with Gasteiger partial charge in [-0.3, -0.25) is 4.79 Å². The summed E-state index contributed by atoms with van der Waals surface area (Å²) in [5, 5.41) is 4.99. The van der Waals surface area contributed by atoms with E-state index in [2.05, 4.69) is 0 Å². The maximum absolute atomic E-state index is 12.6. The fourth-order valence-electron chi connectivity index (χ4n) is 2.91. The van der Waals surface area contributed by atoms with Gasteiger partial charge in [-0.1, -0.05) is 0 Å². The highest BCUT2D eigenvalue weighted by atomic mass is 32.2. The lowest BCUT2D eigenvalue weighted by Gasteiger charge is -2.29. The van der Waals surface area contributed by atoms with E-state index in [9.17, 15) is 26.4 Å². The Labute approximate surface area is 158 Å². The summed E-state index contributed by atoms with van der Waals surface area (Å²) in [5.74, 6) is -1.34. The summed E-state index contributed by atoms with van der Waals surface area (Å²) >= 11 is 0. The van der Waals surface area contributed by atoms with Crippen LogP contribution in [0.25, 0.3) is 0 Å². The van der Waals surface area contributed by atoms with Crippen LogP contribution >= 0.6 is 0 Å². The van der Waals surface area contributed by atoms with Gasteiger partial charge in [0.1, 0.15) is 0 Å². The number of amides is 1. The van der Waals surface area contributed by atoms with Gasteiger partial charge in [-0.15, -0.1) is 0 Å². The fourth-order valence-corrected chi connectivity index (χ4v) is 5.15.